The average molecular weight is 323 g/mol. The standard InChI is InChI=1S/C16H22FN3O3/c17-13-1-3-14(4-2-13)19-6-8-20(9-7-19)16(21)23-12-15-11-18-5-10-22-15/h1-4,15,18H,5-12H2. The van der Waals surface area contributed by atoms with Crippen LogP contribution in [0.15, 0.2) is 24.3 Å². The number of morpholine rings is 1. The summed E-state index contributed by atoms with van der Waals surface area (Å²) in [7, 11) is 0. The molecule has 1 aromatic rings. The highest BCUT2D eigenvalue weighted by Crippen LogP contribution is 2.17. The minimum atomic E-state index is -0.294. The highest BCUT2D eigenvalue weighted by molar-refractivity contribution is 5.68. The molecule has 2 heterocycles. The Kier molecular flexibility index (Phi) is 5.30. The zero-order valence-electron chi connectivity index (χ0n) is 13.0. The van der Waals surface area contributed by atoms with Crippen molar-refractivity contribution in [3.8, 4) is 0 Å². The minimum absolute atomic E-state index is 0.0618. The molecule has 0 aromatic heterocycles. The van der Waals surface area contributed by atoms with Crippen molar-refractivity contribution in [1.29, 1.82) is 0 Å². The minimum Gasteiger partial charge on any atom is -0.447 e. The van der Waals surface area contributed by atoms with Gasteiger partial charge in [0.15, 0.2) is 0 Å². The first kappa shape index (κ1) is 16.0. The van der Waals surface area contributed by atoms with Crippen LogP contribution in [0.3, 0.4) is 0 Å². The number of benzene rings is 1. The highest BCUT2D eigenvalue weighted by Gasteiger charge is 2.24. The van der Waals surface area contributed by atoms with Gasteiger partial charge >= 0.3 is 6.09 Å². The second-order valence-corrected chi connectivity index (χ2v) is 5.72. The largest absolute Gasteiger partial charge is 0.447 e. The fourth-order valence-electron chi connectivity index (χ4n) is 2.78. The molecule has 0 radical (unpaired) electrons. The first-order valence-electron chi connectivity index (χ1n) is 7.97. The molecule has 0 bridgehead atoms. The van der Waals surface area contributed by atoms with E-state index < -0.39 is 0 Å². The molecule has 2 aliphatic rings. The molecule has 0 spiro atoms. The zero-order valence-corrected chi connectivity index (χ0v) is 13.0. The smallest absolute Gasteiger partial charge is 0.409 e. The van der Waals surface area contributed by atoms with Crippen LogP contribution in [0.5, 0.6) is 0 Å². The van der Waals surface area contributed by atoms with Gasteiger partial charge in [0.1, 0.15) is 18.5 Å². The Morgan fingerprint density at radius 3 is 2.65 bits per heavy atom. The van der Waals surface area contributed by atoms with E-state index in [-0.39, 0.29) is 24.6 Å². The molecule has 1 aromatic carbocycles. The second-order valence-electron chi connectivity index (χ2n) is 5.72. The molecular weight excluding hydrogens is 301 g/mol. The van der Waals surface area contributed by atoms with Crippen molar-refractivity contribution < 1.29 is 18.7 Å². The molecule has 126 valence electrons. The number of carbonyl (C=O) groups excluding carboxylic acids is 1. The number of rotatable bonds is 3. The number of piperazine rings is 1. The fraction of sp³-hybridized carbons (Fsp3) is 0.562. The molecule has 0 saturated carbocycles. The second kappa shape index (κ2) is 7.61. The number of nitrogens with zero attached hydrogens (tertiary/aromatic N) is 2. The number of hydrogen-bond acceptors (Lipinski definition) is 5. The van der Waals surface area contributed by atoms with Crippen LogP contribution < -0.4 is 10.2 Å². The van der Waals surface area contributed by atoms with Crippen LogP contribution in [0, 0.1) is 5.82 Å². The molecule has 2 aliphatic heterocycles. The average Bonchev–Trinajstić information content (AvgIpc) is 2.61. The SMILES string of the molecule is O=C(OCC1CNCCO1)N1CCN(c2ccc(F)cc2)CC1. The van der Waals surface area contributed by atoms with Crippen molar-refractivity contribution in [2.75, 3.05) is 57.4 Å². The molecule has 1 N–H and O–H groups in total. The van der Waals surface area contributed by atoms with Crippen molar-refractivity contribution in [1.82, 2.24) is 10.2 Å². The van der Waals surface area contributed by atoms with Gasteiger partial charge in [-0.2, -0.15) is 0 Å². The summed E-state index contributed by atoms with van der Waals surface area (Å²) in [5, 5.41) is 3.20. The predicted octanol–water partition coefficient (Wildman–Crippen LogP) is 1.07. The van der Waals surface area contributed by atoms with Gasteiger partial charge in [0.2, 0.25) is 0 Å². The van der Waals surface area contributed by atoms with E-state index in [0.717, 1.165) is 12.2 Å². The van der Waals surface area contributed by atoms with Gasteiger partial charge in [-0.15, -0.1) is 0 Å². The third-order valence-electron chi connectivity index (χ3n) is 4.13. The Balaban J connectivity index is 1.42. The fourth-order valence-corrected chi connectivity index (χ4v) is 2.78. The van der Waals surface area contributed by atoms with Gasteiger partial charge in [0, 0.05) is 45.0 Å². The summed E-state index contributed by atoms with van der Waals surface area (Å²) >= 11 is 0. The Hall–Kier alpha value is -1.86. The molecule has 23 heavy (non-hydrogen) atoms. The van der Waals surface area contributed by atoms with E-state index in [1.165, 1.54) is 12.1 Å². The van der Waals surface area contributed by atoms with E-state index >= 15 is 0 Å². The summed E-state index contributed by atoms with van der Waals surface area (Å²) in [6, 6.07) is 6.43. The monoisotopic (exact) mass is 323 g/mol. The number of halogens is 1. The third-order valence-corrected chi connectivity index (χ3v) is 4.13. The predicted molar refractivity (Wildman–Crippen MR) is 84.1 cm³/mol. The summed E-state index contributed by atoms with van der Waals surface area (Å²) in [6.07, 6.45) is -0.355. The molecule has 2 saturated heterocycles. The molecule has 6 nitrogen and oxygen atoms in total. The summed E-state index contributed by atoms with van der Waals surface area (Å²) in [4.78, 5) is 15.9. The molecular formula is C16H22FN3O3. The number of ether oxygens (including phenoxy) is 2. The van der Waals surface area contributed by atoms with Crippen molar-refractivity contribution in [2.24, 2.45) is 0 Å². The Bertz CT molecular complexity index is 512. The molecule has 1 amide bonds. The Morgan fingerprint density at radius 1 is 1.26 bits per heavy atom. The number of carbonyl (C=O) groups is 1. The van der Waals surface area contributed by atoms with Gasteiger partial charge < -0.3 is 24.6 Å². The van der Waals surface area contributed by atoms with Crippen LogP contribution in [0.4, 0.5) is 14.9 Å². The highest BCUT2D eigenvalue weighted by atomic mass is 19.1. The van der Waals surface area contributed by atoms with E-state index in [2.05, 4.69) is 10.2 Å². The maximum absolute atomic E-state index is 13.0. The maximum Gasteiger partial charge on any atom is 0.409 e. The normalized spacial score (nSPS) is 22.0. The topological polar surface area (TPSA) is 54.0 Å². The number of hydrogen-bond donors (Lipinski definition) is 1. The van der Waals surface area contributed by atoms with Crippen molar-refractivity contribution >= 4 is 11.8 Å². The van der Waals surface area contributed by atoms with Gasteiger partial charge in [0.05, 0.1) is 6.61 Å². The van der Waals surface area contributed by atoms with Crippen LogP contribution in [0.1, 0.15) is 0 Å². The van der Waals surface area contributed by atoms with Gasteiger partial charge in [-0.25, -0.2) is 9.18 Å². The van der Waals surface area contributed by atoms with E-state index in [1.807, 2.05) is 0 Å². The van der Waals surface area contributed by atoms with Crippen LogP contribution in [-0.2, 0) is 9.47 Å². The Labute approximate surface area is 135 Å². The number of amides is 1. The molecule has 3 rings (SSSR count). The van der Waals surface area contributed by atoms with E-state index in [0.29, 0.717) is 39.3 Å². The first-order chi connectivity index (χ1) is 11.2. The lowest BCUT2D eigenvalue weighted by Gasteiger charge is -2.35. The molecule has 1 unspecified atom stereocenters. The molecule has 7 heteroatoms. The molecule has 0 aliphatic carbocycles. The zero-order chi connectivity index (χ0) is 16.1. The van der Waals surface area contributed by atoms with E-state index in [1.54, 1.807) is 17.0 Å². The summed E-state index contributed by atoms with van der Waals surface area (Å²) in [5.74, 6) is -0.240. The molecule has 1 atom stereocenters. The first-order valence-corrected chi connectivity index (χ1v) is 7.97. The number of anilines is 1. The maximum atomic E-state index is 13.0. The summed E-state index contributed by atoms with van der Waals surface area (Å²) in [5.41, 5.74) is 0.973. The number of nitrogens with one attached hydrogen (secondary N) is 1. The lowest BCUT2D eigenvalue weighted by Crippen LogP contribution is -2.49. The van der Waals surface area contributed by atoms with E-state index in [9.17, 15) is 9.18 Å². The van der Waals surface area contributed by atoms with Gasteiger partial charge in [-0.05, 0) is 24.3 Å². The van der Waals surface area contributed by atoms with Crippen LogP contribution >= 0.6 is 0 Å². The van der Waals surface area contributed by atoms with Crippen LogP contribution in [0.2, 0.25) is 0 Å². The van der Waals surface area contributed by atoms with Crippen LogP contribution in [0.25, 0.3) is 0 Å². The summed E-state index contributed by atoms with van der Waals surface area (Å²) in [6.45, 7) is 5.11. The molecule has 2 fully saturated rings. The third kappa shape index (κ3) is 4.33. The lowest BCUT2D eigenvalue weighted by atomic mass is 10.2. The van der Waals surface area contributed by atoms with Gasteiger partial charge in [0.25, 0.3) is 0 Å². The van der Waals surface area contributed by atoms with Gasteiger partial charge in [-0.3, -0.25) is 0 Å². The van der Waals surface area contributed by atoms with Crippen molar-refractivity contribution in [3.05, 3.63) is 30.1 Å². The van der Waals surface area contributed by atoms with Crippen LogP contribution in [-0.4, -0.2) is 69.6 Å². The lowest BCUT2D eigenvalue weighted by molar-refractivity contribution is -0.0186. The van der Waals surface area contributed by atoms with Crippen molar-refractivity contribution in [3.63, 3.8) is 0 Å². The van der Waals surface area contributed by atoms with E-state index in [4.69, 9.17) is 9.47 Å². The Morgan fingerprint density at radius 2 is 2.00 bits per heavy atom. The van der Waals surface area contributed by atoms with Crippen molar-refractivity contribution in [2.45, 2.75) is 6.10 Å². The quantitative estimate of drug-likeness (QED) is 0.902. The van der Waals surface area contributed by atoms with Gasteiger partial charge in [-0.1, -0.05) is 0 Å². The summed E-state index contributed by atoms with van der Waals surface area (Å²) < 4.78 is 23.8.